The quantitative estimate of drug-likeness (QED) is 0.761. The van der Waals surface area contributed by atoms with E-state index in [1.807, 2.05) is 36.5 Å². The molecule has 0 spiro atoms. The summed E-state index contributed by atoms with van der Waals surface area (Å²) < 4.78 is 40.1. The maximum absolute atomic E-state index is 12.1. The van der Waals surface area contributed by atoms with Gasteiger partial charge in [0.1, 0.15) is 5.75 Å². The van der Waals surface area contributed by atoms with Crippen LogP contribution in [0.2, 0.25) is 0 Å². The standard InChI is InChI=1S/C17H20F3N3O2S/c1-23(2)14(15-4-3-9-26-15)11-22-16(24)21-10-12-5-7-13(8-6-12)25-17(18,19)20/h3-9,14H,10-11H2,1-2H3,(H2,21,22,24). The van der Waals surface area contributed by atoms with Gasteiger partial charge in [-0.2, -0.15) is 0 Å². The lowest BCUT2D eigenvalue weighted by Crippen LogP contribution is -2.40. The third-order valence-corrected chi connectivity index (χ3v) is 4.53. The molecule has 5 nitrogen and oxygen atoms in total. The van der Waals surface area contributed by atoms with Gasteiger partial charge in [0, 0.05) is 18.0 Å². The highest BCUT2D eigenvalue weighted by Gasteiger charge is 2.30. The molecule has 0 fully saturated rings. The number of thiophene rings is 1. The molecule has 0 saturated heterocycles. The molecule has 0 aliphatic rings. The molecule has 9 heteroatoms. The summed E-state index contributed by atoms with van der Waals surface area (Å²) in [5, 5.41) is 7.47. The smallest absolute Gasteiger partial charge is 0.406 e. The predicted octanol–water partition coefficient (Wildman–Crippen LogP) is 3.75. The Balaban J connectivity index is 1.79. The minimum atomic E-state index is -4.72. The van der Waals surface area contributed by atoms with Crippen molar-refractivity contribution in [1.29, 1.82) is 0 Å². The molecule has 0 radical (unpaired) electrons. The van der Waals surface area contributed by atoms with Gasteiger partial charge in [-0.1, -0.05) is 18.2 Å². The van der Waals surface area contributed by atoms with Gasteiger partial charge in [-0.3, -0.25) is 0 Å². The number of alkyl halides is 3. The Hall–Kier alpha value is -2.26. The first kappa shape index (κ1) is 20.1. The van der Waals surface area contributed by atoms with Crippen LogP contribution in [-0.2, 0) is 6.54 Å². The van der Waals surface area contributed by atoms with Gasteiger partial charge in [-0.15, -0.1) is 24.5 Å². The summed E-state index contributed by atoms with van der Waals surface area (Å²) in [6.07, 6.45) is -4.72. The molecule has 2 amide bonds. The van der Waals surface area contributed by atoms with Crippen LogP contribution in [0.15, 0.2) is 41.8 Å². The zero-order chi connectivity index (χ0) is 19.2. The zero-order valence-corrected chi connectivity index (χ0v) is 15.2. The number of carbonyl (C=O) groups excluding carboxylic acids is 1. The minimum absolute atomic E-state index is 0.0690. The number of likely N-dealkylation sites (N-methyl/N-ethyl adjacent to an activating group) is 1. The molecule has 1 aromatic heterocycles. The molecule has 0 aliphatic carbocycles. The monoisotopic (exact) mass is 387 g/mol. The lowest BCUT2D eigenvalue weighted by Gasteiger charge is -2.23. The molecule has 2 aromatic rings. The van der Waals surface area contributed by atoms with Crippen molar-refractivity contribution in [3.8, 4) is 5.75 Å². The minimum Gasteiger partial charge on any atom is -0.406 e. The summed E-state index contributed by atoms with van der Waals surface area (Å²) in [7, 11) is 3.88. The summed E-state index contributed by atoms with van der Waals surface area (Å²) in [4.78, 5) is 15.1. The first-order valence-corrected chi connectivity index (χ1v) is 8.69. The third-order valence-electron chi connectivity index (χ3n) is 3.56. The van der Waals surface area contributed by atoms with Gasteiger partial charge in [-0.05, 0) is 43.2 Å². The molecule has 2 N–H and O–H groups in total. The fourth-order valence-corrected chi connectivity index (χ4v) is 3.18. The summed E-state index contributed by atoms with van der Waals surface area (Å²) in [6, 6.07) is 9.05. The van der Waals surface area contributed by atoms with Crippen LogP contribution in [0.3, 0.4) is 0 Å². The molecular weight excluding hydrogens is 367 g/mol. The number of nitrogens with zero attached hydrogens (tertiary/aromatic N) is 1. The van der Waals surface area contributed by atoms with E-state index in [9.17, 15) is 18.0 Å². The van der Waals surface area contributed by atoms with Crippen molar-refractivity contribution >= 4 is 17.4 Å². The van der Waals surface area contributed by atoms with Crippen molar-refractivity contribution in [2.45, 2.75) is 18.9 Å². The van der Waals surface area contributed by atoms with Gasteiger partial charge in [0.15, 0.2) is 0 Å². The SMILES string of the molecule is CN(C)C(CNC(=O)NCc1ccc(OC(F)(F)F)cc1)c1cccs1. The molecule has 0 bridgehead atoms. The maximum atomic E-state index is 12.1. The van der Waals surface area contributed by atoms with Crippen LogP contribution in [-0.4, -0.2) is 37.9 Å². The van der Waals surface area contributed by atoms with Crippen LogP contribution in [0, 0.1) is 0 Å². The first-order valence-electron chi connectivity index (χ1n) is 7.81. The Labute approximate surface area is 153 Å². The van der Waals surface area contributed by atoms with Crippen LogP contribution in [0.25, 0.3) is 0 Å². The Morgan fingerprint density at radius 3 is 2.42 bits per heavy atom. The molecule has 1 aromatic carbocycles. The van der Waals surface area contributed by atoms with E-state index < -0.39 is 6.36 Å². The van der Waals surface area contributed by atoms with Gasteiger partial charge >= 0.3 is 12.4 Å². The van der Waals surface area contributed by atoms with E-state index >= 15 is 0 Å². The summed E-state index contributed by atoms with van der Waals surface area (Å²) >= 11 is 1.62. The zero-order valence-electron chi connectivity index (χ0n) is 14.3. The van der Waals surface area contributed by atoms with Crippen LogP contribution >= 0.6 is 11.3 Å². The van der Waals surface area contributed by atoms with Crippen molar-refractivity contribution in [1.82, 2.24) is 15.5 Å². The number of amides is 2. The van der Waals surface area contributed by atoms with Gasteiger partial charge in [-0.25, -0.2) is 4.79 Å². The lowest BCUT2D eigenvalue weighted by molar-refractivity contribution is -0.274. The first-order chi connectivity index (χ1) is 12.2. The number of carbonyl (C=O) groups is 1. The van der Waals surface area contributed by atoms with Crippen LogP contribution in [0.4, 0.5) is 18.0 Å². The summed E-state index contributed by atoms with van der Waals surface area (Å²) in [5.74, 6) is -0.296. The number of benzene rings is 1. The number of hydrogen-bond acceptors (Lipinski definition) is 4. The second-order valence-corrected chi connectivity index (χ2v) is 6.73. The van der Waals surface area contributed by atoms with Crippen LogP contribution in [0.1, 0.15) is 16.5 Å². The van der Waals surface area contributed by atoms with E-state index in [0.29, 0.717) is 12.1 Å². The van der Waals surface area contributed by atoms with Gasteiger partial charge < -0.3 is 20.3 Å². The van der Waals surface area contributed by atoms with E-state index in [1.165, 1.54) is 24.3 Å². The Morgan fingerprint density at radius 1 is 1.19 bits per heavy atom. The Bertz CT molecular complexity index is 688. The van der Waals surface area contributed by atoms with E-state index in [4.69, 9.17) is 0 Å². The van der Waals surface area contributed by atoms with Crippen molar-refractivity contribution in [3.63, 3.8) is 0 Å². The highest BCUT2D eigenvalue weighted by atomic mass is 32.1. The summed E-state index contributed by atoms with van der Waals surface area (Å²) in [5.41, 5.74) is 0.664. The van der Waals surface area contributed by atoms with Crippen molar-refractivity contribution in [2.24, 2.45) is 0 Å². The molecule has 142 valence electrons. The molecule has 2 rings (SSSR count). The van der Waals surface area contributed by atoms with E-state index in [1.54, 1.807) is 11.3 Å². The van der Waals surface area contributed by atoms with Gasteiger partial charge in [0.05, 0.1) is 6.04 Å². The predicted molar refractivity (Wildman–Crippen MR) is 94.1 cm³/mol. The Kier molecular flexibility index (Phi) is 6.87. The molecular formula is C17H20F3N3O2S. The highest BCUT2D eigenvalue weighted by Crippen LogP contribution is 2.23. The Morgan fingerprint density at radius 2 is 1.88 bits per heavy atom. The van der Waals surface area contributed by atoms with E-state index in [2.05, 4.69) is 15.4 Å². The van der Waals surface area contributed by atoms with Crippen molar-refractivity contribution in [2.75, 3.05) is 20.6 Å². The molecule has 26 heavy (non-hydrogen) atoms. The molecule has 1 unspecified atom stereocenters. The summed E-state index contributed by atoms with van der Waals surface area (Å²) in [6.45, 7) is 0.640. The normalized spacial score (nSPS) is 12.7. The molecule has 0 saturated carbocycles. The fraction of sp³-hybridized carbons (Fsp3) is 0.353. The fourth-order valence-electron chi connectivity index (χ4n) is 2.26. The number of halogens is 3. The largest absolute Gasteiger partial charge is 0.573 e. The number of rotatable bonds is 7. The van der Waals surface area contributed by atoms with Crippen LogP contribution in [0.5, 0.6) is 5.75 Å². The molecule has 1 heterocycles. The number of hydrogen-bond donors (Lipinski definition) is 2. The lowest BCUT2D eigenvalue weighted by atomic mass is 10.2. The number of ether oxygens (including phenoxy) is 1. The third kappa shape index (κ3) is 6.57. The van der Waals surface area contributed by atoms with Gasteiger partial charge in [0.25, 0.3) is 0 Å². The molecule has 0 aliphatic heterocycles. The van der Waals surface area contributed by atoms with E-state index in [-0.39, 0.29) is 24.4 Å². The topological polar surface area (TPSA) is 53.6 Å². The highest BCUT2D eigenvalue weighted by molar-refractivity contribution is 7.10. The van der Waals surface area contributed by atoms with Crippen LogP contribution < -0.4 is 15.4 Å². The number of urea groups is 1. The van der Waals surface area contributed by atoms with Crippen molar-refractivity contribution < 1.29 is 22.7 Å². The average molecular weight is 387 g/mol. The van der Waals surface area contributed by atoms with Crippen molar-refractivity contribution in [3.05, 3.63) is 52.2 Å². The molecule has 1 atom stereocenters. The van der Waals surface area contributed by atoms with Gasteiger partial charge in [0.2, 0.25) is 0 Å². The second-order valence-electron chi connectivity index (χ2n) is 5.75. The maximum Gasteiger partial charge on any atom is 0.573 e. The average Bonchev–Trinajstić information content (AvgIpc) is 3.07. The second kappa shape index (κ2) is 8.91. The van der Waals surface area contributed by atoms with E-state index in [0.717, 1.165) is 4.88 Å². The number of nitrogens with one attached hydrogen (secondary N) is 2.